The fourth-order valence-corrected chi connectivity index (χ4v) is 1.52. The second-order valence-electron chi connectivity index (χ2n) is 4.15. The molecule has 106 valence electrons. The summed E-state index contributed by atoms with van der Waals surface area (Å²) in [5.41, 5.74) is 6.76. The molecular weight excluding hydrogens is 257 g/mol. The van der Waals surface area contributed by atoms with E-state index in [9.17, 15) is 0 Å². The zero-order chi connectivity index (χ0) is 15.0. The monoisotopic (exact) mass is 275 g/mol. The minimum atomic E-state index is -1.34. The van der Waals surface area contributed by atoms with E-state index in [0.717, 1.165) is 5.56 Å². The minimum Gasteiger partial charge on any atom is -0.504 e. The van der Waals surface area contributed by atoms with Crippen molar-refractivity contribution in [2.45, 2.75) is 6.42 Å². The van der Waals surface area contributed by atoms with Crippen LogP contribution in [0.3, 0.4) is 0 Å². The Balaban J connectivity index is 0.000000204. The first-order chi connectivity index (χ1) is 9.54. The number of aromatic hydroxyl groups is 2. The Bertz CT molecular complexity index is 520. The molecule has 20 heavy (non-hydrogen) atoms. The van der Waals surface area contributed by atoms with Crippen LogP contribution in [0.5, 0.6) is 11.5 Å². The predicted octanol–water partition coefficient (Wildman–Crippen LogP) is -0.0346. The normalized spacial score (nSPS) is 9.55. The number of nitrogens with two attached hydrogens (primary N) is 1. The summed E-state index contributed by atoms with van der Waals surface area (Å²) >= 11 is 0. The molecule has 0 amide bonds. The molecule has 2 aromatic rings. The molecule has 0 saturated heterocycles. The van der Waals surface area contributed by atoms with Crippen molar-refractivity contribution in [1.29, 1.82) is 0 Å². The molecule has 0 bridgehead atoms. The van der Waals surface area contributed by atoms with Gasteiger partial charge in [0.2, 0.25) is 0 Å². The Morgan fingerprint density at radius 3 is 2.00 bits per heavy atom. The molecule has 0 spiro atoms. The molecule has 6 heteroatoms. The third kappa shape index (κ3) is 5.32. The van der Waals surface area contributed by atoms with Gasteiger partial charge in [-0.15, -0.1) is 0 Å². The van der Waals surface area contributed by atoms with Crippen LogP contribution in [0.15, 0.2) is 48.5 Å². The third-order valence-corrected chi connectivity index (χ3v) is 2.57. The van der Waals surface area contributed by atoms with Crippen molar-refractivity contribution in [3.05, 3.63) is 54.1 Å². The lowest BCUT2D eigenvalue weighted by molar-refractivity contribution is 0.403. The van der Waals surface area contributed by atoms with Crippen molar-refractivity contribution in [2.24, 2.45) is 5.73 Å². The van der Waals surface area contributed by atoms with E-state index in [1.165, 1.54) is 12.1 Å². The van der Waals surface area contributed by atoms with Crippen molar-refractivity contribution in [3.63, 3.8) is 0 Å². The van der Waals surface area contributed by atoms with Crippen molar-refractivity contribution in [1.82, 2.24) is 0 Å². The Labute approximate surface area is 118 Å². The van der Waals surface area contributed by atoms with Crippen LogP contribution in [0.2, 0.25) is 0 Å². The largest absolute Gasteiger partial charge is 0.504 e. The minimum absolute atomic E-state index is 0.0871. The first kappa shape index (κ1) is 16.0. The van der Waals surface area contributed by atoms with Crippen molar-refractivity contribution in [3.8, 4) is 11.5 Å². The van der Waals surface area contributed by atoms with Gasteiger partial charge in [-0.05, 0) is 36.1 Å². The van der Waals surface area contributed by atoms with Gasteiger partial charge in [-0.3, -0.25) is 0 Å². The molecule has 0 aliphatic heterocycles. The van der Waals surface area contributed by atoms with Gasteiger partial charge in [0.05, 0.1) is 0 Å². The smallest absolute Gasteiger partial charge is 0.488 e. The number of hydrogen-bond acceptors (Lipinski definition) is 5. The Hall–Kier alpha value is -2.02. The van der Waals surface area contributed by atoms with Gasteiger partial charge in [0.1, 0.15) is 0 Å². The summed E-state index contributed by atoms with van der Waals surface area (Å²) in [5, 5.41) is 35.1. The standard InChI is InChI=1S/C8H11NO2.C6H7BO2/c9-4-3-6-1-2-7(10)8(11)5-6;8-7(9)6-4-2-1-3-5-6/h1-2,5,10-11H,3-4,9H2;1-5,8-9H. The number of phenolic OH excluding ortho intramolecular Hbond substituents is 2. The summed E-state index contributed by atoms with van der Waals surface area (Å²) in [4.78, 5) is 0. The lowest BCUT2D eigenvalue weighted by atomic mass is 9.81. The molecule has 0 saturated carbocycles. The summed E-state index contributed by atoms with van der Waals surface area (Å²) in [6.07, 6.45) is 0.716. The Morgan fingerprint density at radius 2 is 1.55 bits per heavy atom. The van der Waals surface area contributed by atoms with Gasteiger partial charge in [0.25, 0.3) is 0 Å². The lowest BCUT2D eigenvalue weighted by Crippen LogP contribution is -2.29. The topological polar surface area (TPSA) is 107 Å². The van der Waals surface area contributed by atoms with Gasteiger partial charge in [-0.2, -0.15) is 0 Å². The Morgan fingerprint density at radius 1 is 0.900 bits per heavy atom. The van der Waals surface area contributed by atoms with Crippen molar-refractivity contribution >= 4 is 12.6 Å². The zero-order valence-electron chi connectivity index (χ0n) is 11.0. The number of hydrogen-bond donors (Lipinski definition) is 5. The highest BCUT2D eigenvalue weighted by Crippen LogP contribution is 2.24. The average Bonchev–Trinajstić information content (AvgIpc) is 2.45. The van der Waals surface area contributed by atoms with Gasteiger partial charge >= 0.3 is 7.12 Å². The molecule has 5 nitrogen and oxygen atoms in total. The van der Waals surface area contributed by atoms with Gasteiger partial charge in [-0.25, -0.2) is 0 Å². The molecule has 0 fully saturated rings. The number of benzene rings is 2. The molecule has 0 aromatic heterocycles. The second kappa shape index (κ2) is 8.21. The molecule has 0 atom stereocenters. The molecule has 0 radical (unpaired) electrons. The van der Waals surface area contributed by atoms with Gasteiger partial charge in [0, 0.05) is 0 Å². The van der Waals surface area contributed by atoms with Gasteiger partial charge < -0.3 is 26.0 Å². The van der Waals surface area contributed by atoms with Crippen LogP contribution in [-0.2, 0) is 6.42 Å². The van der Waals surface area contributed by atoms with Crippen molar-refractivity contribution < 1.29 is 20.3 Å². The van der Waals surface area contributed by atoms with E-state index >= 15 is 0 Å². The number of rotatable bonds is 3. The number of phenols is 2. The fraction of sp³-hybridized carbons (Fsp3) is 0.143. The van der Waals surface area contributed by atoms with Crippen LogP contribution < -0.4 is 11.2 Å². The second-order valence-corrected chi connectivity index (χ2v) is 4.15. The van der Waals surface area contributed by atoms with Crippen LogP contribution in [0, 0.1) is 0 Å². The molecular formula is C14H18BNO4. The molecule has 0 aliphatic carbocycles. The van der Waals surface area contributed by atoms with E-state index in [4.69, 9.17) is 26.0 Å². The quantitative estimate of drug-likeness (QED) is 0.399. The van der Waals surface area contributed by atoms with Crippen LogP contribution in [0.1, 0.15) is 5.56 Å². The lowest BCUT2D eigenvalue weighted by Gasteiger charge is -2.00. The zero-order valence-corrected chi connectivity index (χ0v) is 11.0. The van der Waals surface area contributed by atoms with Gasteiger partial charge in [-0.1, -0.05) is 36.4 Å². The highest BCUT2D eigenvalue weighted by atomic mass is 16.4. The van der Waals surface area contributed by atoms with Crippen LogP contribution >= 0.6 is 0 Å². The highest BCUT2D eigenvalue weighted by Gasteiger charge is 2.07. The summed E-state index contributed by atoms with van der Waals surface area (Å²) in [6.45, 7) is 0.546. The Kier molecular flexibility index (Phi) is 6.59. The first-order valence-electron chi connectivity index (χ1n) is 6.16. The molecule has 0 unspecified atom stereocenters. The summed E-state index contributed by atoms with van der Waals surface area (Å²) in [6, 6.07) is 13.4. The van der Waals surface area contributed by atoms with Crippen LogP contribution in [0.25, 0.3) is 0 Å². The van der Waals surface area contributed by atoms with E-state index in [2.05, 4.69) is 0 Å². The maximum absolute atomic E-state index is 9.04. The van der Waals surface area contributed by atoms with E-state index < -0.39 is 7.12 Å². The third-order valence-electron chi connectivity index (χ3n) is 2.57. The van der Waals surface area contributed by atoms with Gasteiger partial charge in [0.15, 0.2) is 11.5 Å². The van der Waals surface area contributed by atoms with Crippen LogP contribution in [0.4, 0.5) is 0 Å². The molecule has 2 rings (SSSR count). The average molecular weight is 275 g/mol. The van der Waals surface area contributed by atoms with Crippen molar-refractivity contribution in [2.75, 3.05) is 6.54 Å². The molecule has 0 aliphatic rings. The summed E-state index contributed by atoms with van der Waals surface area (Å²) in [7, 11) is -1.34. The summed E-state index contributed by atoms with van der Waals surface area (Å²) in [5.74, 6) is -0.179. The fourth-order valence-electron chi connectivity index (χ4n) is 1.52. The first-order valence-corrected chi connectivity index (χ1v) is 6.16. The predicted molar refractivity (Wildman–Crippen MR) is 78.8 cm³/mol. The van der Waals surface area contributed by atoms with E-state index in [-0.39, 0.29) is 11.5 Å². The van der Waals surface area contributed by atoms with Crippen LogP contribution in [-0.4, -0.2) is 33.9 Å². The van der Waals surface area contributed by atoms with E-state index in [1.54, 1.807) is 30.3 Å². The highest BCUT2D eigenvalue weighted by molar-refractivity contribution is 6.58. The summed E-state index contributed by atoms with van der Waals surface area (Å²) < 4.78 is 0. The molecule has 0 heterocycles. The van der Waals surface area contributed by atoms with E-state index in [0.29, 0.717) is 18.4 Å². The maximum Gasteiger partial charge on any atom is 0.488 e. The van der Waals surface area contributed by atoms with E-state index in [1.807, 2.05) is 6.07 Å². The maximum atomic E-state index is 9.04. The molecule has 2 aromatic carbocycles. The molecule has 6 N–H and O–H groups in total. The SMILES string of the molecule is NCCc1ccc(O)c(O)c1.OB(O)c1ccccc1.